The molecule has 0 radical (unpaired) electrons. The lowest BCUT2D eigenvalue weighted by Crippen LogP contribution is -2.17. The van der Waals surface area contributed by atoms with Crippen LogP contribution in [0.4, 0.5) is 32.2 Å². The van der Waals surface area contributed by atoms with E-state index in [1.54, 1.807) is 0 Å². The highest BCUT2D eigenvalue weighted by Crippen LogP contribution is 2.41. The van der Waals surface area contributed by atoms with Crippen molar-refractivity contribution < 1.29 is 40.4 Å². The SMILES string of the molecule is CCOC(=O)CNc1noc2c(C(F)(F)F)cc(C(F)(F)F)cc12. The predicted molar refractivity (Wildman–Crippen MR) is 69.1 cm³/mol. The number of nitrogens with zero attached hydrogens (tertiary/aromatic N) is 1. The van der Waals surface area contributed by atoms with Crippen molar-refractivity contribution in [3.8, 4) is 0 Å². The quantitative estimate of drug-likeness (QED) is 0.666. The number of halogens is 6. The van der Waals surface area contributed by atoms with Gasteiger partial charge in [0, 0.05) is 0 Å². The predicted octanol–water partition coefficient (Wildman–Crippen LogP) is 3.84. The van der Waals surface area contributed by atoms with E-state index in [2.05, 4.69) is 19.7 Å². The summed E-state index contributed by atoms with van der Waals surface area (Å²) in [5.41, 5.74) is -3.98. The topological polar surface area (TPSA) is 64.4 Å². The van der Waals surface area contributed by atoms with E-state index in [0.717, 1.165) is 0 Å². The fourth-order valence-corrected chi connectivity index (χ4v) is 1.91. The van der Waals surface area contributed by atoms with Crippen molar-refractivity contribution in [2.24, 2.45) is 0 Å². The Morgan fingerprint density at radius 1 is 1.21 bits per heavy atom. The Kier molecular flexibility index (Phi) is 4.63. The molecule has 2 rings (SSSR count). The second kappa shape index (κ2) is 6.21. The van der Waals surface area contributed by atoms with Crippen molar-refractivity contribution in [1.82, 2.24) is 5.16 Å². The molecule has 0 aliphatic rings. The minimum Gasteiger partial charge on any atom is -0.465 e. The Labute approximate surface area is 130 Å². The van der Waals surface area contributed by atoms with Crippen molar-refractivity contribution in [3.63, 3.8) is 0 Å². The summed E-state index contributed by atoms with van der Waals surface area (Å²) in [6, 6.07) is 0.414. The Hall–Kier alpha value is -2.46. The molecular weight excluding hydrogens is 346 g/mol. The van der Waals surface area contributed by atoms with Gasteiger partial charge in [-0.05, 0) is 19.1 Å². The second-order valence-electron chi connectivity index (χ2n) is 4.59. The molecule has 0 spiro atoms. The molecule has 0 fully saturated rings. The zero-order chi connectivity index (χ0) is 18.1. The van der Waals surface area contributed by atoms with Crippen LogP contribution in [0.25, 0.3) is 11.0 Å². The van der Waals surface area contributed by atoms with Gasteiger partial charge in [-0.3, -0.25) is 4.79 Å². The van der Waals surface area contributed by atoms with Crippen LogP contribution < -0.4 is 5.32 Å². The highest BCUT2D eigenvalue weighted by molar-refractivity contribution is 5.92. The van der Waals surface area contributed by atoms with Gasteiger partial charge >= 0.3 is 18.3 Å². The van der Waals surface area contributed by atoms with Gasteiger partial charge < -0.3 is 14.6 Å². The van der Waals surface area contributed by atoms with Crippen LogP contribution in [0.15, 0.2) is 16.7 Å². The molecule has 24 heavy (non-hydrogen) atoms. The molecule has 0 aliphatic heterocycles. The first kappa shape index (κ1) is 17.9. The summed E-state index contributed by atoms with van der Waals surface area (Å²) in [6.07, 6.45) is -10.1. The number of esters is 1. The van der Waals surface area contributed by atoms with Crippen LogP contribution in [0.1, 0.15) is 18.1 Å². The monoisotopic (exact) mass is 356 g/mol. The van der Waals surface area contributed by atoms with Crippen LogP contribution in [0.5, 0.6) is 0 Å². The second-order valence-corrected chi connectivity index (χ2v) is 4.59. The zero-order valence-electron chi connectivity index (χ0n) is 12.0. The van der Waals surface area contributed by atoms with Crippen molar-refractivity contribution in [2.45, 2.75) is 19.3 Å². The van der Waals surface area contributed by atoms with Crippen molar-refractivity contribution >= 4 is 22.8 Å². The van der Waals surface area contributed by atoms with Gasteiger partial charge in [0.1, 0.15) is 12.1 Å². The largest absolute Gasteiger partial charge is 0.465 e. The molecule has 0 amide bonds. The van der Waals surface area contributed by atoms with E-state index in [1.807, 2.05) is 0 Å². The number of carbonyl (C=O) groups excluding carboxylic acids is 1. The maximum atomic E-state index is 13.0. The normalized spacial score (nSPS) is 12.5. The lowest BCUT2D eigenvalue weighted by molar-refractivity contribution is -0.143. The summed E-state index contributed by atoms with van der Waals surface area (Å²) in [5.74, 6) is -1.17. The Balaban J connectivity index is 2.50. The number of aromatic nitrogens is 1. The molecule has 1 aromatic heterocycles. The molecule has 132 valence electrons. The van der Waals surface area contributed by atoms with E-state index in [1.165, 1.54) is 6.92 Å². The van der Waals surface area contributed by atoms with Gasteiger partial charge in [-0.2, -0.15) is 26.3 Å². The summed E-state index contributed by atoms with van der Waals surface area (Å²) < 4.78 is 86.5. The first-order chi connectivity index (χ1) is 11.0. The van der Waals surface area contributed by atoms with Crippen LogP contribution >= 0.6 is 0 Å². The van der Waals surface area contributed by atoms with Gasteiger partial charge in [0.05, 0.1) is 17.6 Å². The minimum atomic E-state index is -5.07. The third-order valence-electron chi connectivity index (χ3n) is 2.91. The number of hydrogen-bond acceptors (Lipinski definition) is 5. The zero-order valence-corrected chi connectivity index (χ0v) is 12.0. The molecular formula is C13H10F6N2O3. The number of anilines is 1. The number of fused-ring (bicyclic) bond motifs is 1. The number of alkyl halides is 6. The molecule has 1 heterocycles. The first-order valence-corrected chi connectivity index (χ1v) is 6.51. The van der Waals surface area contributed by atoms with Crippen LogP contribution in [-0.4, -0.2) is 24.3 Å². The molecule has 11 heteroatoms. The van der Waals surface area contributed by atoms with Crippen molar-refractivity contribution in [1.29, 1.82) is 0 Å². The summed E-state index contributed by atoms with van der Waals surface area (Å²) >= 11 is 0. The first-order valence-electron chi connectivity index (χ1n) is 6.51. The number of carbonyl (C=O) groups is 1. The Morgan fingerprint density at radius 2 is 1.88 bits per heavy atom. The van der Waals surface area contributed by atoms with Gasteiger partial charge in [-0.25, -0.2) is 0 Å². The van der Waals surface area contributed by atoms with Gasteiger partial charge in [-0.15, -0.1) is 0 Å². The maximum Gasteiger partial charge on any atom is 0.420 e. The number of ether oxygens (including phenoxy) is 1. The number of rotatable bonds is 4. The average Bonchev–Trinajstić information content (AvgIpc) is 2.85. The third kappa shape index (κ3) is 3.71. The summed E-state index contributed by atoms with van der Waals surface area (Å²) in [4.78, 5) is 11.2. The smallest absolute Gasteiger partial charge is 0.420 e. The van der Waals surface area contributed by atoms with Crippen LogP contribution in [0.3, 0.4) is 0 Å². The van der Waals surface area contributed by atoms with E-state index in [4.69, 9.17) is 0 Å². The molecule has 0 saturated heterocycles. The molecule has 2 aromatic rings. The van der Waals surface area contributed by atoms with Crippen molar-refractivity contribution in [3.05, 3.63) is 23.3 Å². The molecule has 1 N–H and O–H groups in total. The van der Waals surface area contributed by atoms with Gasteiger partial charge in [0.25, 0.3) is 0 Å². The van der Waals surface area contributed by atoms with Gasteiger partial charge in [0.2, 0.25) is 0 Å². The van der Waals surface area contributed by atoms with Crippen molar-refractivity contribution in [2.75, 3.05) is 18.5 Å². The standard InChI is InChI=1S/C13H10F6N2O3/c1-2-23-9(22)5-20-11-7-3-6(12(14,15)16)4-8(13(17,18)19)10(7)24-21-11/h3-4H,2,5H2,1H3,(H,20,21). The summed E-state index contributed by atoms with van der Waals surface area (Å²) in [6.45, 7) is 1.11. The Morgan fingerprint density at radius 3 is 2.42 bits per heavy atom. The van der Waals surface area contributed by atoms with Gasteiger partial charge in [-0.1, -0.05) is 5.16 Å². The number of nitrogens with one attached hydrogen (secondary N) is 1. The van der Waals surface area contributed by atoms with E-state index in [9.17, 15) is 31.1 Å². The number of benzene rings is 1. The van der Waals surface area contributed by atoms with Crippen LogP contribution in [-0.2, 0) is 21.9 Å². The van der Waals surface area contributed by atoms with E-state index >= 15 is 0 Å². The number of hydrogen-bond donors (Lipinski definition) is 1. The molecule has 0 atom stereocenters. The fraction of sp³-hybridized carbons (Fsp3) is 0.385. The lowest BCUT2D eigenvalue weighted by Gasteiger charge is -2.12. The molecule has 0 saturated carbocycles. The van der Waals surface area contributed by atoms with E-state index < -0.39 is 52.8 Å². The van der Waals surface area contributed by atoms with Crippen LogP contribution in [0.2, 0.25) is 0 Å². The van der Waals surface area contributed by atoms with E-state index in [0.29, 0.717) is 6.07 Å². The molecule has 0 aliphatic carbocycles. The Bertz CT molecular complexity index is 750. The molecule has 1 aromatic carbocycles. The summed E-state index contributed by atoms with van der Waals surface area (Å²) in [5, 5.41) is 5.02. The van der Waals surface area contributed by atoms with E-state index in [-0.39, 0.29) is 12.7 Å². The molecule has 5 nitrogen and oxygen atoms in total. The lowest BCUT2D eigenvalue weighted by atomic mass is 10.1. The molecule has 0 bridgehead atoms. The highest BCUT2D eigenvalue weighted by atomic mass is 19.4. The summed E-state index contributed by atoms with van der Waals surface area (Å²) in [7, 11) is 0. The fourth-order valence-electron chi connectivity index (χ4n) is 1.91. The third-order valence-corrected chi connectivity index (χ3v) is 2.91. The van der Waals surface area contributed by atoms with Crippen LogP contribution in [0, 0.1) is 0 Å². The van der Waals surface area contributed by atoms with Gasteiger partial charge in [0.15, 0.2) is 11.4 Å². The maximum absolute atomic E-state index is 13.0. The average molecular weight is 356 g/mol. The minimum absolute atomic E-state index is 0.0529. The highest BCUT2D eigenvalue weighted by Gasteiger charge is 2.40. The molecule has 0 unspecified atom stereocenters.